The molecular formula is C34H36N4O5. The number of fused-ring (bicyclic) bond motifs is 5. The third-order valence-electron chi connectivity index (χ3n) is 9.33. The van der Waals surface area contributed by atoms with Crippen LogP contribution in [-0.4, -0.2) is 48.4 Å². The van der Waals surface area contributed by atoms with Crippen molar-refractivity contribution in [2.24, 2.45) is 26.8 Å². The Hall–Kier alpha value is -4.53. The lowest BCUT2D eigenvalue weighted by molar-refractivity contribution is -0.141. The van der Waals surface area contributed by atoms with Crippen molar-refractivity contribution in [2.45, 2.75) is 60.3 Å². The van der Waals surface area contributed by atoms with Crippen molar-refractivity contribution in [2.75, 3.05) is 14.2 Å². The fourth-order valence-electron chi connectivity index (χ4n) is 6.84. The molecule has 0 radical (unpaired) electrons. The molecule has 1 aliphatic carbocycles. The van der Waals surface area contributed by atoms with E-state index in [2.05, 4.69) is 19.2 Å². The molecule has 0 unspecified atom stereocenters. The monoisotopic (exact) mass is 580 g/mol. The lowest BCUT2D eigenvalue weighted by Crippen LogP contribution is -2.16. The van der Waals surface area contributed by atoms with Gasteiger partial charge in [0.25, 0.3) is 0 Å². The minimum atomic E-state index is -0.454. The molecule has 6 aliphatic rings. The van der Waals surface area contributed by atoms with Crippen molar-refractivity contribution >= 4 is 29.1 Å². The second-order valence-electron chi connectivity index (χ2n) is 11.6. The molecule has 0 amide bonds. The smallest absolute Gasteiger partial charge is 0.340 e. The van der Waals surface area contributed by atoms with Gasteiger partial charge in [0, 0.05) is 47.2 Å². The van der Waals surface area contributed by atoms with E-state index in [4.69, 9.17) is 24.5 Å². The molecule has 6 rings (SSSR count). The van der Waals surface area contributed by atoms with E-state index in [0.29, 0.717) is 35.6 Å². The molecule has 0 aromatic rings. The van der Waals surface area contributed by atoms with E-state index in [1.165, 1.54) is 14.2 Å². The highest BCUT2D eigenvalue weighted by atomic mass is 16.5. The highest BCUT2D eigenvalue weighted by molar-refractivity contribution is 6.22. The molecule has 2 atom stereocenters. The molecule has 5 aliphatic heterocycles. The van der Waals surface area contributed by atoms with Crippen LogP contribution in [0.5, 0.6) is 0 Å². The van der Waals surface area contributed by atoms with Crippen LogP contribution in [-0.2, 0) is 19.1 Å². The molecule has 9 nitrogen and oxygen atoms in total. The number of hydrogen-bond acceptors (Lipinski definition) is 9. The van der Waals surface area contributed by atoms with Gasteiger partial charge in [-0.2, -0.15) is 0 Å². The maximum atomic E-state index is 13.0. The average molecular weight is 581 g/mol. The van der Waals surface area contributed by atoms with Gasteiger partial charge in [0.1, 0.15) is 5.76 Å². The summed E-state index contributed by atoms with van der Waals surface area (Å²) in [7, 11) is 2.77. The Labute approximate surface area is 251 Å². The minimum absolute atomic E-state index is 0.00513. The number of aliphatic imine (C=N–C) groups is 3. The third-order valence-corrected chi connectivity index (χ3v) is 9.33. The number of carbonyl (C=O) groups excluding carboxylic acids is 2. The summed E-state index contributed by atoms with van der Waals surface area (Å²) >= 11 is 0. The summed E-state index contributed by atoms with van der Waals surface area (Å²) in [5.41, 5.74) is 11.9. The van der Waals surface area contributed by atoms with Crippen LogP contribution in [0.1, 0.15) is 60.3 Å². The van der Waals surface area contributed by atoms with Gasteiger partial charge in [-0.15, -0.1) is 0 Å². The van der Waals surface area contributed by atoms with Gasteiger partial charge < -0.3 is 19.9 Å². The van der Waals surface area contributed by atoms with E-state index < -0.39 is 5.97 Å². The fraction of sp³-hybridized carbons (Fsp3) is 0.382. The Morgan fingerprint density at radius 2 is 1.70 bits per heavy atom. The highest BCUT2D eigenvalue weighted by Crippen LogP contribution is 2.46. The molecule has 1 saturated heterocycles. The van der Waals surface area contributed by atoms with Gasteiger partial charge >= 0.3 is 11.9 Å². The number of esters is 2. The summed E-state index contributed by atoms with van der Waals surface area (Å²) in [6.45, 7) is 10.1. The van der Waals surface area contributed by atoms with Crippen LogP contribution in [0, 0.1) is 11.8 Å². The topological polar surface area (TPSA) is 122 Å². The molecule has 5 heterocycles. The predicted octanol–water partition coefficient (Wildman–Crippen LogP) is 5.78. The minimum Gasteiger partial charge on any atom is -0.511 e. The van der Waals surface area contributed by atoms with E-state index in [0.717, 1.165) is 74.1 Å². The lowest BCUT2D eigenvalue weighted by Gasteiger charge is -2.17. The van der Waals surface area contributed by atoms with Crippen molar-refractivity contribution < 1.29 is 24.2 Å². The zero-order valence-corrected chi connectivity index (χ0v) is 25.6. The number of aliphatic hydroxyl groups excluding tert-OH is 1. The number of nitrogens with zero attached hydrogens (tertiary/aromatic N) is 3. The zero-order valence-electron chi connectivity index (χ0n) is 25.6. The van der Waals surface area contributed by atoms with Gasteiger partial charge in [-0.3, -0.25) is 4.79 Å². The zero-order chi connectivity index (χ0) is 30.7. The molecule has 43 heavy (non-hydrogen) atoms. The number of carbonyl (C=O) groups is 2. The summed E-state index contributed by atoms with van der Waals surface area (Å²) in [6.07, 6.45) is 7.76. The largest absolute Gasteiger partial charge is 0.511 e. The van der Waals surface area contributed by atoms with Gasteiger partial charge in [0.05, 0.1) is 54.0 Å². The number of nitrogens with one attached hydrogen (secondary N) is 1. The Morgan fingerprint density at radius 1 is 0.977 bits per heavy atom. The number of hydrogen-bond donors (Lipinski definition) is 2. The predicted molar refractivity (Wildman–Crippen MR) is 165 cm³/mol. The highest BCUT2D eigenvalue weighted by Gasteiger charge is 2.41. The van der Waals surface area contributed by atoms with Crippen LogP contribution in [0.4, 0.5) is 0 Å². The van der Waals surface area contributed by atoms with Gasteiger partial charge in [0.15, 0.2) is 0 Å². The van der Waals surface area contributed by atoms with E-state index in [1.807, 2.05) is 39.0 Å². The van der Waals surface area contributed by atoms with E-state index >= 15 is 0 Å². The van der Waals surface area contributed by atoms with Crippen LogP contribution >= 0.6 is 0 Å². The fourth-order valence-corrected chi connectivity index (χ4v) is 6.84. The molecule has 0 saturated carbocycles. The Balaban J connectivity index is 1.61. The average Bonchev–Trinajstić information content (AvgIpc) is 3.74. The van der Waals surface area contributed by atoms with Gasteiger partial charge in [-0.25, -0.2) is 19.8 Å². The molecule has 2 N–H and O–H groups in total. The molecule has 222 valence electrons. The van der Waals surface area contributed by atoms with Crippen molar-refractivity contribution in [3.05, 3.63) is 91.5 Å². The van der Waals surface area contributed by atoms with E-state index in [9.17, 15) is 14.7 Å². The first-order valence-corrected chi connectivity index (χ1v) is 14.7. The first kappa shape index (κ1) is 28.6. The van der Waals surface area contributed by atoms with Crippen LogP contribution in [0.25, 0.3) is 0 Å². The molecule has 8 bridgehead atoms. The second kappa shape index (κ2) is 10.6. The molecule has 0 aromatic carbocycles. The normalized spacial score (nSPS) is 24.3. The summed E-state index contributed by atoms with van der Waals surface area (Å²) in [4.78, 5) is 40.2. The van der Waals surface area contributed by atoms with E-state index in [-0.39, 0.29) is 24.2 Å². The van der Waals surface area contributed by atoms with Crippen molar-refractivity contribution in [3.8, 4) is 0 Å². The van der Waals surface area contributed by atoms with Crippen molar-refractivity contribution in [1.29, 1.82) is 0 Å². The lowest BCUT2D eigenvalue weighted by atomic mass is 9.86. The first-order chi connectivity index (χ1) is 20.6. The SMILES string of the molecule is CCC1=C(C)C2=NC1=CC1=C(C)C3=C(O)CC(=C4NC(=CC5=NC(=C2)C(C(=O)OC)=C5C)[C@@H](C)[C@@H]4CCC(=O)OC)C3=N1. The standard InChI is InChI=1S/C34H36N4O5/c1-8-19-15(2)22-14-27-30(34(41)43-7)17(4)24(36-27)12-23-16(3)20(9-10-29(40)42-6)32(37-23)21-11-28(39)31-18(5)25(38-33(21)31)13-26(19)35-22/h12-14,16,20,37,39H,8-11H2,1-7H3/t16-,20-/m0/s1. The number of ether oxygens (including phenoxy) is 2. The van der Waals surface area contributed by atoms with Crippen LogP contribution < -0.4 is 5.32 Å². The molecule has 0 spiro atoms. The van der Waals surface area contributed by atoms with E-state index in [1.54, 1.807) is 0 Å². The molecule has 0 aromatic heterocycles. The maximum Gasteiger partial charge on any atom is 0.340 e. The molecular weight excluding hydrogens is 544 g/mol. The number of rotatable bonds is 5. The van der Waals surface area contributed by atoms with Crippen molar-refractivity contribution in [1.82, 2.24) is 5.32 Å². The molecule has 9 heteroatoms. The third kappa shape index (κ3) is 4.49. The van der Waals surface area contributed by atoms with Gasteiger partial charge in [0.2, 0.25) is 0 Å². The maximum absolute atomic E-state index is 13.0. The summed E-state index contributed by atoms with van der Waals surface area (Å²) < 4.78 is 10.1. The summed E-state index contributed by atoms with van der Waals surface area (Å²) in [6, 6.07) is 0. The Bertz CT molecular complexity index is 1750. The quantitative estimate of drug-likeness (QED) is 0.398. The number of allylic oxidation sites excluding steroid dienone is 11. The number of aliphatic hydroxyl groups is 1. The second-order valence-corrected chi connectivity index (χ2v) is 11.6. The Kier molecular flexibility index (Phi) is 7.07. The van der Waals surface area contributed by atoms with Crippen molar-refractivity contribution in [3.63, 3.8) is 0 Å². The number of methoxy groups -OCH3 is 2. The van der Waals surface area contributed by atoms with Crippen LogP contribution in [0.2, 0.25) is 0 Å². The Morgan fingerprint density at radius 3 is 2.40 bits per heavy atom. The summed E-state index contributed by atoms with van der Waals surface area (Å²) in [5, 5.41) is 14.8. The molecule has 1 fully saturated rings. The van der Waals surface area contributed by atoms with Crippen LogP contribution in [0.15, 0.2) is 106 Å². The van der Waals surface area contributed by atoms with Gasteiger partial charge in [-0.05, 0) is 74.1 Å². The van der Waals surface area contributed by atoms with Gasteiger partial charge in [-0.1, -0.05) is 13.8 Å². The van der Waals surface area contributed by atoms with Crippen LogP contribution in [0.3, 0.4) is 0 Å². The first-order valence-electron chi connectivity index (χ1n) is 14.7. The summed E-state index contributed by atoms with van der Waals surface area (Å²) in [5.74, 6) is -0.486.